The smallest absolute Gasteiger partial charge is 0.212 e. The van der Waals surface area contributed by atoms with Gasteiger partial charge in [0.15, 0.2) is 0 Å². The van der Waals surface area contributed by atoms with Crippen LogP contribution in [0.15, 0.2) is 30.9 Å². The lowest BCUT2D eigenvalue weighted by atomic mass is 10.3. The van der Waals surface area contributed by atoms with Gasteiger partial charge in [-0.2, -0.15) is 9.78 Å². The molecule has 0 saturated carbocycles. The normalized spacial score (nSPS) is 11.0. The Kier molecular flexibility index (Phi) is 1.93. The molecule has 0 amide bonds. The number of hydrogen-bond donors (Lipinski definition) is 0. The van der Waals surface area contributed by atoms with Gasteiger partial charge in [-0.05, 0) is 12.1 Å². The van der Waals surface area contributed by atoms with Crippen molar-refractivity contribution in [3.63, 3.8) is 0 Å². The van der Waals surface area contributed by atoms with Crippen molar-refractivity contribution in [3.05, 3.63) is 35.9 Å². The van der Waals surface area contributed by atoms with Crippen molar-refractivity contribution in [1.29, 1.82) is 0 Å². The number of halogens is 1. The lowest BCUT2D eigenvalue weighted by molar-refractivity contribution is 0.871. The fourth-order valence-electron chi connectivity index (χ4n) is 1.31. The van der Waals surface area contributed by atoms with Gasteiger partial charge in [0.05, 0.1) is 9.72 Å². The average molecular weight is 237 g/mol. The first-order chi connectivity index (χ1) is 7.34. The number of thiazole rings is 1. The molecular formula is C9H5ClN4S. The second kappa shape index (κ2) is 3.29. The molecule has 0 saturated heterocycles. The summed E-state index contributed by atoms with van der Waals surface area (Å²) in [5.41, 5.74) is 0.815. The standard InChI is InChI=1S/C9H5ClN4S/c10-6-2-1-3-7-8(6)13-9(15-7)14-5-11-4-12-14/h1-5H. The molecule has 0 unspecified atom stereocenters. The van der Waals surface area contributed by atoms with E-state index in [1.807, 2.05) is 18.2 Å². The van der Waals surface area contributed by atoms with Crippen LogP contribution in [0.4, 0.5) is 0 Å². The van der Waals surface area contributed by atoms with E-state index in [4.69, 9.17) is 11.6 Å². The zero-order chi connectivity index (χ0) is 10.3. The van der Waals surface area contributed by atoms with Gasteiger partial charge in [-0.3, -0.25) is 0 Å². The summed E-state index contributed by atoms with van der Waals surface area (Å²) in [7, 11) is 0. The molecule has 2 heterocycles. The highest BCUT2D eigenvalue weighted by Crippen LogP contribution is 2.29. The number of para-hydroxylation sites is 1. The number of benzene rings is 1. The van der Waals surface area contributed by atoms with Gasteiger partial charge < -0.3 is 0 Å². The van der Waals surface area contributed by atoms with Crippen molar-refractivity contribution in [2.24, 2.45) is 0 Å². The summed E-state index contributed by atoms with van der Waals surface area (Å²) in [4.78, 5) is 8.28. The number of fused-ring (bicyclic) bond motifs is 1. The molecule has 15 heavy (non-hydrogen) atoms. The summed E-state index contributed by atoms with van der Waals surface area (Å²) >= 11 is 7.56. The van der Waals surface area contributed by atoms with Crippen molar-refractivity contribution in [3.8, 4) is 5.13 Å². The Hall–Kier alpha value is -1.46. The van der Waals surface area contributed by atoms with E-state index in [2.05, 4.69) is 15.1 Å². The first-order valence-corrected chi connectivity index (χ1v) is 5.44. The molecule has 0 bridgehead atoms. The largest absolute Gasteiger partial charge is 0.223 e. The van der Waals surface area contributed by atoms with Crippen molar-refractivity contribution in [2.75, 3.05) is 0 Å². The number of hydrogen-bond acceptors (Lipinski definition) is 4. The highest BCUT2D eigenvalue weighted by Gasteiger charge is 2.08. The van der Waals surface area contributed by atoms with Gasteiger partial charge in [-0.15, -0.1) is 0 Å². The van der Waals surface area contributed by atoms with E-state index >= 15 is 0 Å². The summed E-state index contributed by atoms with van der Waals surface area (Å²) in [5, 5.41) is 5.46. The van der Waals surface area contributed by atoms with Crippen LogP contribution >= 0.6 is 22.9 Å². The Labute approximate surface area is 94.2 Å². The topological polar surface area (TPSA) is 43.6 Å². The van der Waals surface area contributed by atoms with Gasteiger partial charge in [0.25, 0.3) is 0 Å². The second-order valence-corrected chi connectivity index (χ2v) is 4.34. The summed E-state index contributed by atoms with van der Waals surface area (Å²) in [6.45, 7) is 0. The third-order valence-electron chi connectivity index (χ3n) is 1.97. The molecule has 74 valence electrons. The third-order valence-corrected chi connectivity index (χ3v) is 3.29. The fraction of sp³-hybridized carbons (Fsp3) is 0. The van der Waals surface area contributed by atoms with Crippen LogP contribution in [0.1, 0.15) is 0 Å². The van der Waals surface area contributed by atoms with Gasteiger partial charge in [-0.25, -0.2) is 9.97 Å². The predicted molar refractivity (Wildman–Crippen MR) is 59.5 cm³/mol. The van der Waals surface area contributed by atoms with Crippen LogP contribution in [0, 0.1) is 0 Å². The second-order valence-electron chi connectivity index (χ2n) is 2.92. The molecule has 0 radical (unpaired) electrons. The van der Waals surface area contributed by atoms with Crippen LogP contribution in [0.3, 0.4) is 0 Å². The van der Waals surface area contributed by atoms with Crippen LogP contribution in [-0.4, -0.2) is 19.7 Å². The Morgan fingerprint density at radius 2 is 2.27 bits per heavy atom. The van der Waals surface area contributed by atoms with Crippen LogP contribution < -0.4 is 0 Å². The minimum Gasteiger partial charge on any atom is -0.223 e. The SMILES string of the molecule is Clc1cccc2sc(-n3cncn3)nc12. The molecule has 1 aromatic carbocycles. The van der Waals surface area contributed by atoms with E-state index in [1.54, 1.807) is 11.0 Å². The van der Waals surface area contributed by atoms with Crippen molar-refractivity contribution < 1.29 is 0 Å². The van der Waals surface area contributed by atoms with Crippen molar-refractivity contribution in [2.45, 2.75) is 0 Å². The number of aromatic nitrogens is 4. The lowest BCUT2D eigenvalue weighted by Gasteiger charge is -1.89. The summed E-state index contributed by atoms with van der Waals surface area (Å²) < 4.78 is 2.68. The van der Waals surface area contributed by atoms with Crippen LogP contribution in [0.25, 0.3) is 15.3 Å². The molecule has 3 rings (SSSR count). The Morgan fingerprint density at radius 3 is 3.00 bits per heavy atom. The maximum Gasteiger partial charge on any atom is 0.212 e. The van der Waals surface area contributed by atoms with Gasteiger partial charge in [-0.1, -0.05) is 29.0 Å². The molecule has 0 N–H and O–H groups in total. The summed E-state index contributed by atoms with van der Waals surface area (Å²) in [5.74, 6) is 0. The Bertz CT molecular complexity index is 602. The van der Waals surface area contributed by atoms with Gasteiger partial charge in [0.1, 0.15) is 18.2 Å². The zero-order valence-electron chi connectivity index (χ0n) is 7.46. The maximum absolute atomic E-state index is 6.03. The van der Waals surface area contributed by atoms with Crippen LogP contribution in [-0.2, 0) is 0 Å². The van der Waals surface area contributed by atoms with Crippen molar-refractivity contribution >= 4 is 33.2 Å². The predicted octanol–water partition coefficient (Wildman–Crippen LogP) is 2.53. The molecular weight excluding hydrogens is 232 g/mol. The first kappa shape index (κ1) is 8.82. The Balaban J connectivity index is 2.27. The average Bonchev–Trinajstić information content (AvgIpc) is 2.86. The molecule has 0 atom stereocenters. The van der Waals surface area contributed by atoms with E-state index in [0.29, 0.717) is 5.02 Å². The molecule has 4 nitrogen and oxygen atoms in total. The van der Waals surface area contributed by atoms with E-state index in [-0.39, 0.29) is 0 Å². The van der Waals surface area contributed by atoms with Crippen LogP contribution in [0.2, 0.25) is 5.02 Å². The lowest BCUT2D eigenvalue weighted by Crippen LogP contribution is -1.91. The fourth-order valence-corrected chi connectivity index (χ4v) is 2.50. The molecule has 0 aliphatic rings. The molecule has 0 aliphatic carbocycles. The molecule has 0 spiro atoms. The van der Waals surface area contributed by atoms with E-state index in [1.165, 1.54) is 17.7 Å². The minimum absolute atomic E-state index is 0.662. The van der Waals surface area contributed by atoms with Gasteiger partial charge in [0, 0.05) is 0 Å². The number of nitrogens with zero attached hydrogens (tertiary/aromatic N) is 4. The Morgan fingerprint density at radius 1 is 1.33 bits per heavy atom. The van der Waals surface area contributed by atoms with E-state index in [9.17, 15) is 0 Å². The first-order valence-electron chi connectivity index (χ1n) is 4.24. The van der Waals surface area contributed by atoms with Gasteiger partial charge in [0.2, 0.25) is 5.13 Å². The molecule has 6 heteroatoms. The summed E-state index contributed by atoms with van der Waals surface area (Å²) in [6, 6.07) is 5.72. The molecule has 2 aromatic heterocycles. The van der Waals surface area contributed by atoms with Crippen LogP contribution in [0.5, 0.6) is 0 Å². The third kappa shape index (κ3) is 1.40. The van der Waals surface area contributed by atoms with E-state index in [0.717, 1.165) is 15.3 Å². The zero-order valence-corrected chi connectivity index (χ0v) is 9.03. The maximum atomic E-state index is 6.03. The molecule has 0 fully saturated rings. The number of rotatable bonds is 1. The van der Waals surface area contributed by atoms with Crippen molar-refractivity contribution in [1.82, 2.24) is 19.7 Å². The molecule has 0 aliphatic heterocycles. The highest BCUT2D eigenvalue weighted by atomic mass is 35.5. The highest BCUT2D eigenvalue weighted by molar-refractivity contribution is 7.20. The molecule has 3 aromatic rings. The monoisotopic (exact) mass is 236 g/mol. The quantitative estimate of drug-likeness (QED) is 0.652. The summed E-state index contributed by atoms with van der Waals surface area (Å²) in [6.07, 6.45) is 3.10. The minimum atomic E-state index is 0.662. The van der Waals surface area contributed by atoms with Gasteiger partial charge >= 0.3 is 0 Å². The van der Waals surface area contributed by atoms with E-state index < -0.39 is 0 Å².